The summed E-state index contributed by atoms with van der Waals surface area (Å²) in [5.41, 5.74) is 6.60. The average molecular weight is 448 g/mol. The van der Waals surface area contributed by atoms with Crippen molar-refractivity contribution in [3.05, 3.63) is 47.2 Å². The molecule has 164 valence electrons. The van der Waals surface area contributed by atoms with Gasteiger partial charge in [0.05, 0.1) is 28.8 Å². The predicted molar refractivity (Wildman–Crippen MR) is 129 cm³/mol. The van der Waals surface area contributed by atoms with Gasteiger partial charge in [-0.1, -0.05) is 11.3 Å². The minimum atomic E-state index is -0.846. The third-order valence-electron chi connectivity index (χ3n) is 6.20. The first-order valence-corrected chi connectivity index (χ1v) is 11.8. The number of aliphatic carboxylic acids is 1. The number of aryl methyl sites for hydroxylation is 1. The molecule has 2 aromatic carbocycles. The molecule has 4 aromatic rings. The number of anilines is 1. The lowest BCUT2D eigenvalue weighted by Crippen LogP contribution is -2.21. The zero-order valence-electron chi connectivity index (χ0n) is 18.4. The number of rotatable bonds is 6. The Bertz CT molecular complexity index is 1350. The summed E-state index contributed by atoms with van der Waals surface area (Å²) in [6, 6.07) is 8.08. The van der Waals surface area contributed by atoms with Crippen LogP contribution in [0, 0.1) is 6.92 Å². The highest BCUT2D eigenvalue weighted by Gasteiger charge is 2.24. The van der Waals surface area contributed by atoms with Crippen LogP contribution in [0.1, 0.15) is 30.5 Å². The van der Waals surface area contributed by atoms with Crippen LogP contribution in [0.3, 0.4) is 0 Å². The van der Waals surface area contributed by atoms with Gasteiger partial charge in [-0.15, -0.1) is 0 Å². The maximum Gasteiger partial charge on any atom is 0.307 e. The first-order chi connectivity index (χ1) is 15.5. The normalized spacial score (nSPS) is 12.8. The van der Waals surface area contributed by atoms with Crippen LogP contribution in [0.2, 0.25) is 0 Å². The van der Waals surface area contributed by atoms with E-state index >= 15 is 0 Å². The van der Waals surface area contributed by atoms with Crippen LogP contribution in [-0.4, -0.2) is 40.7 Å². The number of hydrogen-bond donors (Lipinski definition) is 1. The zero-order valence-corrected chi connectivity index (χ0v) is 19.3. The van der Waals surface area contributed by atoms with Crippen molar-refractivity contribution in [2.75, 3.05) is 24.6 Å². The fraction of sp³-hybridized carbons (Fsp3) is 0.320. The van der Waals surface area contributed by atoms with Gasteiger partial charge in [-0.3, -0.25) is 9.78 Å². The molecule has 0 saturated carbocycles. The summed E-state index contributed by atoms with van der Waals surface area (Å²) in [7, 11) is 0. The molecular formula is C25H25N3O3S. The Kier molecular flexibility index (Phi) is 5.21. The Morgan fingerprint density at radius 2 is 2.06 bits per heavy atom. The number of hydrogen-bond acceptors (Lipinski definition) is 6. The molecule has 32 heavy (non-hydrogen) atoms. The van der Waals surface area contributed by atoms with Gasteiger partial charge in [-0.05, 0) is 61.7 Å². The van der Waals surface area contributed by atoms with Crippen molar-refractivity contribution >= 4 is 43.6 Å². The average Bonchev–Trinajstić information content (AvgIpc) is 3.19. The molecule has 1 N–H and O–H groups in total. The SMILES string of the molecule is CCN(CC)c1nc2cc(C)c(CC(=O)O)c(-c3ccc4c5c(ccnc35)CCO4)c2s1. The topological polar surface area (TPSA) is 75.6 Å². The lowest BCUT2D eigenvalue weighted by atomic mass is 9.90. The Balaban J connectivity index is 1.87. The highest BCUT2D eigenvalue weighted by atomic mass is 32.1. The summed E-state index contributed by atoms with van der Waals surface area (Å²) in [6.45, 7) is 8.60. The van der Waals surface area contributed by atoms with Crippen molar-refractivity contribution < 1.29 is 14.6 Å². The molecule has 2 aromatic heterocycles. The third-order valence-corrected chi connectivity index (χ3v) is 7.35. The molecule has 0 saturated heterocycles. The standard InChI is InChI=1S/C25H25N3O3S/c1-4-28(5-2)25-27-18-12-14(3)17(13-20(29)30)22(24(18)32-25)16-6-7-19-21-15(9-11-31-19)8-10-26-23(16)21/h6-8,10,12H,4-5,9,11,13H2,1-3H3,(H,29,30). The quantitative estimate of drug-likeness (QED) is 0.436. The van der Waals surface area contributed by atoms with E-state index in [9.17, 15) is 9.90 Å². The predicted octanol–water partition coefficient (Wildman–Crippen LogP) is 5.23. The molecule has 1 aliphatic heterocycles. The number of carboxylic acid groups (broad SMARTS) is 1. The van der Waals surface area contributed by atoms with Gasteiger partial charge < -0.3 is 14.7 Å². The summed E-state index contributed by atoms with van der Waals surface area (Å²) < 4.78 is 6.91. The number of carbonyl (C=O) groups is 1. The number of benzene rings is 2. The molecule has 0 radical (unpaired) electrons. The minimum absolute atomic E-state index is 0.0466. The van der Waals surface area contributed by atoms with E-state index in [4.69, 9.17) is 14.7 Å². The molecule has 0 amide bonds. The molecule has 0 unspecified atom stereocenters. The van der Waals surface area contributed by atoms with Crippen LogP contribution in [-0.2, 0) is 17.6 Å². The van der Waals surface area contributed by atoms with E-state index in [-0.39, 0.29) is 6.42 Å². The van der Waals surface area contributed by atoms with Gasteiger partial charge in [-0.25, -0.2) is 4.98 Å². The van der Waals surface area contributed by atoms with E-state index in [1.165, 1.54) is 5.56 Å². The largest absolute Gasteiger partial charge is 0.493 e. The fourth-order valence-electron chi connectivity index (χ4n) is 4.62. The smallest absolute Gasteiger partial charge is 0.307 e. The molecule has 6 nitrogen and oxygen atoms in total. The second-order valence-electron chi connectivity index (χ2n) is 8.04. The second kappa shape index (κ2) is 8.06. The Morgan fingerprint density at radius 3 is 2.81 bits per heavy atom. The van der Waals surface area contributed by atoms with Crippen LogP contribution in [0.4, 0.5) is 5.13 Å². The molecule has 7 heteroatoms. The van der Waals surface area contributed by atoms with Crippen LogP contribution in [0.5, 0.6) is 5.75 Å². The molecule has 0 spiro atoms. The van der Waals surface area contributed by atoms with Gasteiger partial charge in [0.1, 0.15) is 5.75 Å². The van der Waals surface area contributed by atoms with Crippen molar-refractivity contribution in [1.29, 1.82) is 0 Å². The molecule has 0 aliphatic carbocycles. The number of pyridine rings is 1. The molecule has 0 fully saturated rings. The van der Waals surface area contributed by atoms with E-state index in [1.54, 1.807) is 11.3 Å². The van der Waals surface area contributed by atoms with Gasteiger partial charge in [0.25, 0.3) is 0 Å². The number of carboxylic acids is 1. The van der Waals surface area contributed by atoms with Crippen LogP contribution < -0.4 is 9.64 Å². The summed E-state index contributed by atoms with van der Waals surface area (Å²) in [6.07, 6.45) is 2.64. The number of ether oxygens (including phenoxy) is 1. The van der Waals surface area contributed by atoms with Crippen LogP contribution >= 0.6 is 11.3 Å². The fourth-order valence-corrected chi connectivity index (χ4v) is 5.88. The number of nitrogens with zero attached hydrogens (tertiary/aromatic N) is 3. The highest BCUT2D eigenvalue weighted by Crippen LogP contribution is 2.44. The monoisotopic (exact) mass is 447 g/mol. The molecule has 3 heterocycles. The Morgan fingerprint density at radius 1 is 1.25 bits per heavy atom. The lowest BCUT2D eigenvalue weighted by molar-refractivity contribution is -0.136. The summed E-state index contributed by atoms with van der Waals surface area (Å²) >= 11 is 1.63. The molecule has 0 bridgehead atoms. The van der Waals surface area contributed by atoms with E-state index < -0.39 is 5.97 Å². The van der Waals surface area contributed by atoms with Gasteiger partial charge in [0, 0.05) is 42.2 Å². The number of aromatic nitrogens is 2. The Labute approximate surface area is 190 Å². The summed E-state index contributed by atoms with van der Waals surface area (Å²) in [4.78, 5) is 23.7. The van der Waals surface area contributed by atoms with Gasteiger partial charge >= 0.3 is 5.97 Å². The van der Waals surface area contributed by atoms with Crippen molar-refractivity contribution in [2.45, 2.75) is 33.6 Å². The molecule has 1 aliphatic rings. The van der Waals surface area contributed by atoms with Crippen molar-refractivity contribution in [3.8, 4) is 16.9 Å². The minimum Gasteiger partial charge on any atom is -0.493 e. The highest BCUT2D eigenvalue weighted by molar-refractivity contribution is 7.22. The molecular weight excluding hydrogens is 422 g/mol. The van der Waals surface area contributed by atoms with Crippen molar-refractivity contribution in [2.24, 2.45) is 0 Å². The van der Waals surface area contributed by atoms with Gasteiger partial charge in [-0.2, -0.15) is 0 Å². The van der Waals surface area contributed by atoms with E-state index in [0.717, 1.165) is 73.8 Å². The van der Waals surface area contributed by atoms with E-state index in [0.29, 0.717) is 6.61 Å². The van der Waals surface area contributed by atoms with Crippen LogP contribution in [0.25, 0.3) is 32.2 Å². The van der Waals surface area contributed by atoms with Crippen LogP contribution in [0.15, 0.2) is 30.5 Å². The maximum absolute atomic E-state index is 11.8. The number of thiazole rings is 1. The second-order valence-corrected chi connectivity index (χ2v) is 9.02. The van der Waals surface area contributed by atoms with E-state index in [1.807, 2.05) is 37.4 Å². The number of fused-ring (bicyclic) bond motifs is 1. The first kappa shape index (κ1) is 20.7. The molecule has 0 atom stereocenters. The Hall–Kier alpha value is -3.19. The third kappa shape index (κ3) is 3.28. The van der Waals surface area contributed by atoms with Crippen molar-refractivity contribution in [3.63, 3.8) is 0 Å². The summed E-state index contributed by atoms with van der Waals surface area (Å²) in [5.74, 6) is -0.00359. The van der Waals surface area contributed by atoms with Gasteiger partial charge in [0.2, 0.25) is 0 Å². The van der Waals surface area contributed by atoms with E-state index in [2.05, 4.69) is 18.7 Å². The zero-order chi connectivity index (χ0) is 22.4. The van der Waals surface area contributed by atoms with Crippen molar-refractivity contribution in [1.82, 2.24) is 9.97 Å². The maximum atomic E-state index is 11.8. The lowest BCUT2D eigenvalue weighted by Gasteiger charge is -2.21. The van der Waals surface area contributed by atoms with Gasteiger partial charge in [0.15, 0.2) is 5.13 Å². The summed E-state index contributed by atoms with van der Waals surface area (Å²) in [5, 5.41) is 11.7. The first-order valence-electron chi connectivity index (χ1n) is 10.9. The molecule has 5 rings (SSSR count).